The summed E-state index contributed by atoms with van der Waals surface area (Å²) in [7, 11) is 0. The van der Waals surface area contributed by atoms with Crippen LogP contribution in [0, 0.1) is 0 Å². The molecule has 1 aliphatic carbocycles. The summed E-state index contributed by atoms with van der Waals surface area (Å²) in [4.78, 5) is 10.5. The Labute approximate surface area is 87.7 Å². The monoisotopic (exact) mass is 207 g/mol. The summed E-state index contributed by atoms with van der Waals surface area (Å²) in [5, 5.41) is 8.58. The molecule has 0 saturated heterocycles. The highest BCUT2D eigenvalue weighted by atomic mass is 16.7. The van der Waals surface area contributed by atoms with Gasteiger partial charge in [-0.05, 0) is 17.5 Å². The van der Waals surface area contributed by atoms with E-state index in [9.17, 15) is 4.79 Å². The SMILES string of the molecule is NC1(OC(=O)O)CCc2ccccc2C1. The van der Waals surface area contributed by atoms with Gasteiger partial charge in [0.25, 0.3) is 0 Å². The molecule has 1 atom stereocenters. The first-order valence-electron chi connectivity index (χ1n) is 4.87. The number of hydrogen-bond donors (Lipinski definition) is 2. The van der Waals surface area contributed by atoms with Crippen molar-refractivity contribution in [2.45, 2.75) is 25.0 Å². The minimum Gasteiger partial charge on any atom is -0.450 e. The van der Waals surface area contributed by atoms with Gasteiger partial charge >= 0.3 is 6.16 Å². The van der Waals surface area contributed by atoms with Gasteiger partial charge < -0.3 is 9.84 Å². The third-order valence-corrected chi connectivity index (χ3v) is 2.72. The average molecular weight is 207 g/mol. The zero-order chi connectivity index (χ0) is 10.9. The van der Waals surface area contributed by atoms with Gasteiger partial charge in [0.15, 0.2) is 5.72 Å². The van der Waals surface area contributed by atoms with Crippen LogP contribution in [0.25, 0.3) is 0 Å². The Morgan fingerprint density at radius 3 is 2.73 bits per heavy atom. The number of nitrogens with two attached hydrogens (primary N) is 1. The van der Waals surface area contributed by atoms with E-state index >= 15 is 0 Å². The standard InChI is InChI=1S/C11H13NO3/c12-11(15-10(13)14)6-5-8-3-1-2-4-9(8)7-11/h1-4H,5-7,12H2,(H,13,14). The van der Waals surface area contributed by atoms with Gasteiger partial charge in [-0.25, -0.2) is 4.79 Å². The molecule has 0 amide bonds. The maximum Gasteiger partial charge on any atom is 0.507 e. The molecule has 0 aromatic heterocycles. The molecular weight excluding hydrogens is 194 g/mol. The van der Waals surface area contributed by atoms with Crippen molar-refractivity contribution in [1.29, 1.82) is 0 Å². The number of benzene rings is 1. The minimum absolute atomic E-state index is 0.454. The molecule has 0 aliphatic heterocycles. The molecule has 0 radical (unpaired) electrons. The molecule has 4 nitrogen and oxygen atoms in total. The van der Waals surface area contributed by atoms with E-state index in [0.29, 0.717) is 12.8 Å². The van der Waals surface area contributed by atoms with Crippen molar-refractivity contribution in [3.05, 3.63) is 35.4 Å². The molecule has 1 aromatic carbocycles. The summed E-state index contributed by atoms with van der Waals surface area (Å²) in [5.41, 5.74) is 7.12. The maximum absolute atomic E-state index is 10.5. The van der Waals surface area contributed by atoms with Crippen molar-refractivity contribution >= 4 is 6.16 Å². The van der Waals surface area contributed by atoms with E-state index in [4.69, 9.17) is 15.6 Å². The Kier molecular flexibility index (Phi) is 2.36. The smallest absolute Gasteiger partial charge is 0.450 e. The number of carbonyl (C=O) groups is 1. The van der Waals surface area contributed by atoms with Gasteiger partial charge in [-0.3, -0.25) is 5.73 Å². The second-order valence-electron chi connectivity index (χ2n) is 3.88. The highest BCUT2D eigenvalue weighted by Gasteiger charge is 2.33. The maximum atomic E-state index is 10.5. The first-order valence-corrected chi connectivity index (χ1v) is 4.87. The van der Waals surface area contributed by atoms with Crippen molar-refractivity contribution in [2.24, 2.45) is 5.73 Å². The lowest BCUT2D eigenvalue weighted by Gasteiger charge is -2.32. The molecule has 1 aromatic rings. The van der Waals surface area contributed by atoms with Crippen LogP contribution in [-0.4, -0.2) is 17.0 Å². The molecule has 0 bridgehead atoms. The minimum atomic E-state index is -1.31. The molecule has 2 rings (SSSR count). The number of rotatable bonds is 1. The van der Waals surface area contributed by atoms with E-state index in [-0.39, 0.29) is 0 Å². The molecule has 0 fully saturated rings. The summed E-state index contributed by atoms with van der Waals surface area (Å²) >= 11 is 0. The lowest BCUT2D eigenvalue weighted by atomic mass is 9.86. The fraction of sp³-hybridized carbons (Fsp3) is 0.364. The van der Waals surface area contributed by atoms with Crippen molar-refractivity contribution < 1.29 is 14.6 Å². The van der Waals surface area contributed by atoms with E-state index in [1.54, 1.807) is 0 Å². The van der Waals surface area contributed by atoms with Crippen LogP contribution in [0.2, 0.25) is 0 Å². The summed E-state index contributed by atoms with van der Waals surface area (Å²) < 4.78 is 4.73. The fourth-order valence-electron chi connectivity index (χ4n) is 1.99. The summed E-state index contributed by atoms with van der Waals surface area (Å²) in [6, 6.07) is 7.89. The highest BCUT2D eigenvalue weighted by molar-refractivity contribution is 5.57. The van der Waals surface area contributed by atoms with E-state index in [2.05, 4.69) is 0 Å². The Bertz CT molecular complexity index is 391. The summed E-state index contributed by atoms with van der Waals surface area (Å²) in [5.74, 6) is 0. The molecule has 4 heteroatoms. The van der Waals surface area contributed by atoms with E-state index in [1.807, 2.05) is 24.3 Å². The van der Waals surface area contributed by atoms with E-state index < -0.39 is 11.9 Å². The predicted molar refractivity (Wildman–Crippen MR) is 54.5 cm³/mol. The van der Waals surface area contributed by atoms with Gasteiger partial charge in [0.05, 0.1) is 0 Å². The topological polar surface area (TPSA) is 72.5 Å². The molecular formula is C11H13NO3. The lowest BCUT2D eigenvalue weighted by Crippen LogP contribution is -2.48. The Balaban J connectivity index is 2.21. The number of carboxylic acid groups (broad SMARTS) is 1. The van der Waals surface area contributed by atoms with E-state index in [1.165, 1.54) is 5.56 Å². The number of ether oxygens (including phenoxy) is 1. The zero-order valence-corrected chi connectivity index (χ0v) is 8.27. The van der Waals surface area contributed by atoms with Crippen LogP contribution >= 0.6 is 0 Å². The Morgan fingerprint density at radius 1 is 1.40 bits per heavy atom. The first-order chi connectivity index (χ1) is 7.09. The van der Waals surface area contributed by atoms with Crippen LogP contribution < -0.4 is 5.73 Å². The average Bonchev–Trinajstić information content (AvgIpc) is 2.15. The van der Waals surface area contributed by atoms with Crippen molar-refractivity contribution in [1.82, 2.24) is 0 Å². The van der Waals surface area contributed by atoms with Crippen LogP contribution in [0.5, 0.6) is 0 Å². The molecule has 0 spiro atoms. The number of aryl methyl sites for hydroxylation is 1. The molecule has 80 valence electrons. The van der Waals surface area contributed by atoms with Gasteiger partial charge in [-0.1, -0.05) is 24.3 Å². The third-order valence-electron chi connectivity index (χ3n) is 2.72. The third kappa shape index (κ3) is 2.10. The molecule has 3 N–H and O–H groups in total. The predicted octanol–water partition coefficient (Wildman–Crippen LogP) is 1.52. The number of fused-ring (bicyclic) bond motifs is 1. The van der Waals surface area contributed by atoms with Gasteiger partial charge in [-0.15, -0.1) is 0 Å². The molecule has 1 aliphatic rings. The summed E-state index contributed by atoms with van der Waals surface area (Å²) in [6.45, 7) is 0. The largest absolute Gasteiger partial charge is 0.507 e. The normalized spacial score (nSPS) is 24.3. The number of hydrogen-bond acceptors (Lipinski definition) is 3. The van der Waals surface area contributed by atoms with Gasteiger partial charge in [-0.2, -0.15) is 0 Å². The van der Waals surface area contributed by atoms with Gasteiger partial charge in [0.1, 0.15) is 0 Å². The van der Waals surface area contributed by atoms with Crippen LogP contribution in [-0.2, 0) is 17.6 Å². The summed E-state index contributed by atoms with van der Waals surface area (Å²) in [6.07, 6.45) is 0.447. The van der Waals surface area contributed by atoms with E-state index in [0.717, 1.165) is 12.0 Å². The van der Waals surface area contributed by atoms with Crippen molar-refractivity contribution in [2.75, 3.05) is 0 Å². The second kappa shape index (κ2) is 3.55. The van der Waals surface area contributed by atoms with Crippen LogP contribution in [0.1, 0.15) is 17.5 Å². The van der Waals surface area contributed by atoms with Crippen molar-refractivity contribution in [3.63, 3.8) is 0 Å². The first kappa shape index (κ1) is 9.98. The van der Waals surface area contributed by atoms with Crippen LogP contribution in [0.3, 0.4) is 0 Å². The van der Waals surface area contributed by atoms with Crippen LogP contribution in [0.15, 0.2) is 24.3 Å². The fourth-order valence-corrected chi connectivity index (χ4v) is 1.99. The van der Waals surface area contributed by atoms with Gasteiger partial charge in [0, 0.05) is 12.8 Å². The highest BCUT2D eigenvalue weighted by Crippen LogP contribution is 2.27. The van der Waals surface area contributed by atoms with Gasteiger partial charge in [0.2, 0.25) is 0 Å². The molecule has 0 heterocycles. The Morgan fingerprint density at radius 2 is 2.07 bits per heavy atom. The molecule has 0 saturated carbocycles. The van der Waals surface area contributed by atoms with Crippen molar-refractivity contribution in [3.8, 4) is 0 Å². The Hall–Kier alpha value is -1.55. The zero-order valence-electron chi connectivity index (χ0n) is 8.27. The molecule has 1 unspecified atom stereocenters. The second-order valence-corrected chi connectivity index (χ2v) is 3.88. The molecule has 15 heavy (non-hydrogen) atoms. The lowest BCUT2D eigenvalue weighted by molar-refractivity contribution is -0.0236. The quantitative estimate of drug-likeness (QED) is 0.541. The van der Waals surface area contributed by atoms with Crippen LogP contribution in [0.4, 0.5) is 4.79 Å².